The topological polar surface area (TPSA) is 97.1 Å². The van der Waals surface area contributed by atoms with Crippen LogP contribution in [0.1, 0.15) is 18.1 Å². The molecule has 0 spiro atoms. The lowest BCUT2D eigenvalue weighted by Gasteiger charge is -2.22. The zero-order valence-electron chi connectivity index (χ0n) is 15.4. The van der Waals surface area contributed by atoms with E-state index in [0.717, 1.165) is 16.8 Å². The van der Waals surface area contributed by atoms with Gasteiger partial charge in [-0.25, -0.2) is 15.0 Å². The molecule has 0 saturated heterocycles. The van der Waals surface area contributed by atoms with Crippen LogP contribution in [0.5, 0.6) is 0 Å². The monoisotopic (exact) mass is 364 g/mol. The molecule has 2 aromatic heterocycles. The normalized spacial score (nSPS) is 10.5. The Labute approximate surface area is 157 Å². The molecule has 2 heterocycles. The summed E-state index contributed by atoms with van der Waals surface area (Å²) in [6, 6.07) is 11.4. The molecule has 0 bridgehead atoms. The maximum atomic E-state index is 11.9. The predicted octanol–water partition coefficient (Wildman–Crippen LogP) is 4.30. The van der Waals surface area contributed by atoms with Crippen molar-refractivity contribution >= 4 is 28.8 Å². The van der Waals surface area contributed by atoms with Gasteiger partial charge in [-0.3, -0.25) is 10.1 Å². The van der Waals surface area contributed by atoms with Gasteiger partial charge in [-0.05, 0) is 50.1 Å². The van der Waals surface area contributed by atoms with E-state index in [2.05, 4.69) is 20.3 Å². The lowest BCUT2D eigenvalue weighted by molar-refractivity contribution is -0.383. The number of anilines is 4. The van der Waals surface area contributed by atoms with E-state index in [4.69, 9.17) is 0 Å². The van der Waals surface area contributed by atoms with E-state index in [-0.39, 0.29) is 17.3 Å². The van der Waals surface area contributed by atoms with Crippen molar-refractivity contribution in [2.45, 2.75) is 20.8 Å². The molecule has 3 aromatic rings. The second-order valence-corrected chi connectivity index (χ2v) is 6.03. The third kappa shape index (κ3) is 3.84. The minimum atomic E-state index is -0.464. The van der Waals surface area contributed by atoms with Gasteiger partial charge < -0.3 is 10.2 Å². The maximum absolute atomic E-state index is 11.9. The summed E-state index contributed by atoms with van der Waals surface area (Å²) in [5, 5.41) is 14.8. The highest BCUT2D eigenvalue weighted by Gasteiger charge is 2.27. The molecule has 0 aliphatic rings. The van der Waals surface area contributed by atoms with Crippen molar-refractivity contribution in [1.82, 2.24) is 15.0 Å². The number of benzene rings is 1. The molecule has 0 radical (unpaired) electrons. The van der Waals surface area contributed by atoms with Crippen LogP contribution in [0.2, 0.25) is 0 Å². The first kappa shape index (κ1) is 18.2. The molecule has 0 saturated carbocycles. The van der Waals surface area contributed by atoms with Crippen LogP contribution >= 0.6 is 0 Å². The largest absolute Gasteiger partial charge is 0.354 e. The van der Waals surface area contributed by atoms with E-state index in [1.54, 1.807) is 17.2 Å². The van der Waals surface area contributed by atoms with Gasteiger partial charge in [-0.15, -0.1) is 0 Å². The summed E-state index contributed by atoms with van der Waals surface area (Å²) in [5.41, 5.74) is 2.56. The lowest BCUT2D eigenvalue weighted by Crippen LogP contribution is -2.20. The summed E-state index contributed by atoms with van der Waals surface area (Å²) in [6.07, 6.45) is 2.94. The minimum absolute atomic E-state index is 0.109. The first-order chi connectivity index (χ1) is 13.0. The molecule has 1 aromatic carbocycles. The molecule has 8 heteroatoms. The Kier molecular flexibility index (Phi) is 5.25. The van der Waals surface area contributed by atoms with Crippen LogP contribution < -0.4 is 10.2 Å². The van der Waals surface area contributed by atoms with E-state index in [9.17, 15) is 10.1 Å². The molecular formula is C19H20N6O2. The van der Waals surface area contributed by atoms with Gasteiger partial charge in [-0.1, -0.05) is 18.2 Å². The average Bonchev–Trinajstić information content (AvgIpc) is 2.64. The van der Waals surface area contributed by atoms with Gasteiger partial charge in [0.05, 0.1) is 4.92 Å². The zero-order chi connectivity index (χ0) is 19.4. The number of hydrogen-bond acceptors (Lipinski definition) is 7. The third-order valence-electron chi connectivity index (χ3n) is 4.12. The summed E-state index contributed by atoms with van der Waals surface area (Å²) in [7, 11) is 0. The van der Waals surface area contributed by atoms with Crippen molar-refractivity contribution < 1.29 is 4.92 Å². The van der Waals surface area contributed by atoms with E-state index in [0.29, 0.717) is 12.4 Å². The Morgan fingerprint density at radius 3 is 2.59 bits per heavy atom. The fraction of sp³-hybridized carbons (Fsp3) is 0.211. The van der Waals surface area contributed by atoms with Crippen LogP contribution in [0.4, 0.5) is 28.8 Å². The summed E-state index contributed by atoms with van der Waals surface area (Å²) < 4.78 is 0. The molecule has 27 heavy (non-hydrogen) atoms. The Morgan fingerprint density at radius 2 is 1.93 bits per heavy atom. The van der Waals surface area contributed by atoms with Crippen LogP contribution in [0.25, 0.3) is 0 Å². The zero-order valence-corrected chi connectivity index (χ0v) is 15.4. The maximum Gasteiger partial charge on any atom is 0.354 e. The van der Waals surface area contributed by atoms with Gasteiger partial charge in [-0.2, -0.15) is 0 Å². The SMILES string of the molecule is CCN(c1cccc(C)c1)c1ncnc(Nc2ncccc2C)c1[N+](=O)[O-]. The minimum Gasteiger partial charge on any atom is -0.321 e. The van der Waals surface area contributed by atoms with E-state index < -0.39 is 4.92 Å². The second kappa shape index (κ2) is 7.77. The molecule has 138 valence electrons. The molecule has 0 aliphatic heterocycles. The van der Waals surface area contributed by atoms with Crippen molar-refractivity contribution in [3.63, 3.8) is 0 Å². The van der Waals surface area contributed by atoms with Crippen LogP contribution in [-0.2, 0) is 0 Å². The van der Waals surface area contributed by atoms with E-state index >= 15 is 0 Å². The highest BCUT2D eigenvalue weighted by atomic mass is 16.6. The molecule has 0 fully saturated rings. The van der Waals surface area contributed by atoms with E-state index in [1.807, 2.05) is 51.1 Å². The number of nitrogens with zero attached hydrogens (tertiary/aromatic N) is 5. The van der Waals surface area contributed by atoms with Gasteiger partial charge in [0.25, 0.3) is 0 Å². The van der Waals surface area contributed by atoms with Gasteiger partial charge >= 0.3 is 5.69 Å². The third-order valence-corrected chi connectivity index (χ3v) is 4.12. The summed E-state index contributed by atoms with van der Waals surface area (Å²) in [4.78, 5) is 25.7. The fourth-order valence-electron chi connectivity index (χ4n) is 2.81. The van der Waals surface area contributed by atoms with Crippen LogP contribution in [0, 0.1) is 24.0 Å². The van der Waals surface area contributed by atoms with Crippen molar-refractivity contribution in [2.24, 2.45) is 0 Å². The van der Waals surface area contributed by atoms with E-state index in [1.165, 1.54) is 6.33 Å². The van der Waals surface area contributed by atoms with Crippen molar-refractivity contribution in [3.05, 3.63) is 70.2 Å². The van der Waals surface area contributed by atoms with Crippen molar-refractivity contribution in [2.75, 3.05) is 16.8 Å². The number of nitrogens with one attached hydrogen (secondary N) is 1. The Morgan fingerprint density at radius 1 is 1.11 bits per heavy atom. The number of pyridine rings is 1. The summed E-state index contributed by atoms with van der Waals surface area (Å²) in [5.74, 6) is 0.862. The molecule has 0 aliphatic carbocycles. The van der Waals surface area contributed by atoms with Gasteiger partial charge in [0.2, 0.25) is 11.6 Å². The van der Waals surface area contributed by atoms with Gasteiger partial charge in [0, 0.05) is 18.4 Å². The summed E-state index contributed by atoms with van der Waals surface area (Å²) >= 11 is 0. The number of aryl methyl sites for hydroxylation is 2. The molecule has 0 amide bonds. The highest BCUT2D eigenvalue weighted by molar-refractivity contribution is 5.78. The van der Waals surface area contributed by atoms with Crippen molar-refractivity contribution in [3.8, 4) is 0 Å². The Bertz CT molecular complexity index is 976. The molecule has 0 unspecified atom stereocenters. The molecule has 0 atom stereocenters. The second-order valence-electron chi connectivity index (χ2n) is 6.03. The van der Waals surface area contributed by atoms with Crippen LogP contribution in [0.15, 0.2) is 48.9 Å². The smallest absolute Gasteiger partial charge is 0.321 e. The molecular weight excluding hydrogens is 344 g/mol. The highest BCUT2D eigenvalue weighted by Crippen LogP contribution is 2.37. The van der Waals surface area contributed by atoms with Crippen molar-refractivity contribution in [1.29, 1.82) is 0 Å². The average molecular weight is 364 g/mol. The lowest BCUT2D eigenvalue weighted by atomic mass is 10.2. The molecule has 1 N–H and O–H groups in total. The predicted molar refractivity (Wildman–Crippen MR) is 105 cm³/mol. The Hall–Kier alpha value is -3.55. The van der Waals surface area contributed by atoms with Gasteiger partial charge in [0.1, 0.15) is 12.1 Å². The Balaban J connectivity index is 2.10. The summed E-state index contributed by atoms with van der Waals surface area (Å²) in [6.45, 7) is 6.28. The van der Waals surface area contributed by atoms with Crippen LogP contribution in [0.3, 0.4) is 0 Å². The first-order valence-electron chi connectivity index (χ1n) is 8.53. The quantitative estimate of drug-likeness (QED) is 0.514. The molecule has 3 rings (SSSR count). The first-order valence-corrected chi connectivity index (χ1v) is 8.53. The number of nitro groups is 1. The fourth-order valence-corrected chi connectivity index (χ4v) is 2.81. The van der Waals surface area contributed by atoms with Crippen LogP contribution in [-0.4, -0.2) is 26.4 Å². The molecule has 8 nitrogen and oxygen atoms in total. The number of aromatic nitrogens is 3. The van der Waals surface area contributed by atoms with Gasteiger partial charge in [0.15, 0.2) is 0 Å². The number of hydrogen-bond donors (Lipinski definition) is 1. The number of rotatable bonds is 6. The standard InChI is InChI=1S/C19H20N6O2/c1-4-24(15-9-5-7-13(2)11-15)19-16(25(26)27)18(21-12-22-19)23-17-14(3)8-6-10-20-17/h5-12H,4H2,1-3H3,(H,20,21,22,23).